The minimum absolute atomic E-state index is 0.547. The van der Waals surface area contributed by atoms with Gasteiger partial charge in [-0.3, -0.25) is 0 Å². The Morgan fingerprint density at radius 1 is 0.619 bits per heavy atom. The first kappa shape index (κ1) is 13.4. The summed E-state index contributed by atoms with van der Waals surface area (Å²) in [7, 11) is 0. The van der Waals surface area contributed by atoms with Gasteiger partial charge in [-0.15, -0.1) is 0 Å². The van der Waals surface area contributed by atoms with E-state index in [1.807, 2.05) is 12.1 Å². The summed E-state index contributed by atoms with van der Waals surface area (Å²) in [6.07, 6.45) is 0. The largest absolute Gasteiger partial charge is 0.326 e. The maximum atomic E-state index is 5.78. The van der Waals surface area contributed by atoms with Gasteiger partial charge in [0.2, 0.25) is 0 Å². The van der Waals surface area contributed by atoms with Gasteiger partial charge in [-0.1, -0.05) is 48.5 Å². The molecule has 0 aliphatic heterocycles. The molecule has 0 fully saturated rings. The lowest BCUT2D eigenvalue weighted by molar-refractivity contribution is 1.07. The van der Waals surface area contributed by atoms with E-state index in [-0.39, 0.29) is 0 Å². The van der Waals surface area contributed by atoms with Crippen molar-refractivity contribution in [3.05, 3.63) is 90.5 Å². The van der Waals surface area contributed by atoms with Crippen molar-refractivity contribution in [2.75, 3.05) is 4.90 Å². The predicted molar refractivity (Wildman–Crippen MR) is 89.0 cm³/mol. The molecule has 0 unspecified atom stereocenters. The van der Waals surface area contributed by atoms with Gasteiger partial charge < -0.3 is 10.6 Å². The Bertz CT molecular complexity index is 654. The lowest BCUT2D eigenvalue weighted by atomic mass is 10.1. The summed E-state index contributed by atoms with van der Waals surface area (Å²) in [6.45, 7) is 0.547. The number of nitrogens with zero attached hydrogens (tertiary/aromatic N) is 1. The number of para-hydroxylation sites is 2. The van der Waals surface area contributed by atoms with Crippen molar-refractivity contribution in [2.45, 2.75) is 6.54 Å². The molecule has 0 amide bonds. The second kappa shape index (κ2) is 6.25. The summed E-state index contributed by atoms with van der Waals surface area (Å²) in [5.74, 6) is 0. The van der Waals surface area contributed by atoms with E-state index in [1.165, 1.54) is 0 Å². The van der Waals surface area contributed by atoms with Crippen molar-refractivity contribution in [3.8, 4) is 0 Å². The van der Waals surface area contributed by atoms with Gasteiger partial charge in [-0.2, -0.15) is 0 Å². The first-order valence-corrected chi connectivity index (χ1v) is 7.08. The third-order valence-corrected chi connectivity index (χ3v) is 3.43. The summed E-state index contributed by atoms with van der Waals surface area (Å²) in [5.41, 5.74) is 10.3. The lowest BCUT2D eigenvalue weighted by Crippen LogP contribution is -2.10. The van der Waals surface area contributed by atoms with Gasteiger partial charge in [0.15, 0.2) is 0 Å². The highest BCUT2D eigenvalue weighted by Gasteiger charge is 2.11. The molecule has 3 aromatic carbocycles. The van der Waals surface area contributed by atoms with Gasteiger partial charge in [0.05, 0.1) is 0 Å². The normalized spacial score (nSPS) is 10.3. The molecule has 3 rings (SSSR count). The highest BCUT2D eigenvalue weighted by molar-refractivity contribution is 5.76. The van der Waals surface area contributed by atoms with E-state index in [0.29, 0.717) is 6.54 Å². The van der Waals surface area contributed by atoms with E-state index >= 15 is 0 Å². The van der Waals surface area contributed by atoms with E-state index in [2.05, 4.69) is 77.7 Å². The summed E-state index contributed by atoms with van der Waals surface area (Å²) >= 11 is 0. The first-order chi connectivity index (χ1) is 10.4. The van der Waals surface area contributed by atoms with Crippen LogP contribution in [0.25, 0.3) is 0 Å². The van der Waals surface area contributed by atoms with E-state index in [0.717, 1.165) is 22.6 Å². The maximum Gasteiger partial charge on any atom is 0.0464 e. The van der Waals surface area contributed by atoms with Gasteiger partial charge in [-0.05, 0) is 42.0 Å². The Labute approximate surface area is 125 Å². The zero-order valence-electron chi connectivity index (χ0n) is 11.8. The number of hydrogen-bond donors (Lipinski definition) is 1. The number of nitrogens with two attached hydrogens (primary N) is 1. The van der Waals surface area contributed by atoms with Crippen LogP contribution in [-0.4, -0.2) is 0 Å². The number of anilines is 3. The molecule has 2 heteroatoms. The molecule has 21 heavy (non-hydrogen) atoms. The molecule has 0 saturated carbocycles. The topological polar surface area (TPSA) is 29.3 Å². The van der Waals surface area contributed by atoms with Crippen LogP contribution in [-0.2, 0) is 6.54 Å². The third kappa shape index (κ3) is 2.96. The SMILES string of the molecule is NCc1cccc(N(c2ccccc2)c2ccccc2)c1. The molecule has 0 atom stereocenters. The minimum atomic E-state index is 0.547. The molecule has 2 N–H and O–H groups in total. The first-order valence-electron chi connectivity index (χ1n) is 7.08. The molecule has 0 radical (unpaired) electrons. The molecule has 0 aliphatic rings. The van der Waals surface area contributed by atoms with Crippen LogP contribution in [0.15, 0.2) is 84.9 Å². The second-order valence-electron chi connectivity index (χ2n) is 4.88. The molecular formula is C19H18N2. The summed E-state index contributed by atoms with van der Waals surface area (Å²) in [5, 5.41) is 0. The quantitative estimate of drug-likeness (QED) is 0.752. The minimum Gasteiger partial charge on any atom is -0.326 e. The van der Waals surface area contributed by atoms with E-state index in [9.17, 15) is 0 Å². The van der Waals surface area contributed by atoms with Gasteiger partial charge in [-0.25, -0.2) is 0 Å². The Balaban J connectivity index is 2.12. The Hall–Kier alpha value is -2.58. The zero-order chi connectivity index (χ0) is 14.5. The van der Waals surface area contributed by atoms with E-state index < -0.39 is 0 Å². The van der Waals surface area contributed by atoms with E-state index in [4.69, 9.17) is 5.73 Å². The van der Waals surface area contributed by atoms with Gasteiger partial charge >= 0.3 is 0 Å². The zero-order valence-corrected chi connectivity index (χ0v) is 11.8. The standard InChI is InChI=1S/C19H18N2/c20-15-16-8-7-13-19(14-16)21(17-9-3-1-4-10-17)18-11-5-2-6-12-18/h1-14H,15,20H2. The fourth-order valence-electron chi connectivity index (χ4n) is 2.42. The van der Waals surface area contributed by atoms with Crippen molar-refractivity contribution in [3.63, 3.8) is 0 Å². The number of rotatable bonds is 4. The lowest BCUT2D eigenvalue weighted by Gasteiger charge is -2.25. The van der Waals surface area contributed by atoms with Crippen LogP contribution >= 0.6 is 0 Å². The monoisotopic (exact) mass is 274 g/mol. The van der Waals surface area contributed by atoms with Crippen LogP contribution in [0, 0.1) is 0 Å². The molecule has 0 heterocycles. The molecule has 0 aliphatic carbocycles. The molecule has 104 valence electrons. The van der Waals surface area contributed by atoms with Gasteiger partial charge in [0.25, 0.3) is 0 Å². The van der Waals surface area contributed by atoms with Crippen molar-refractivity contribution in [1.29, 1.82) is 0 Å². The number of benzene rings is 3. The van der Waals surface area contributed by atoms with Crippen LogP contribution in [0.3, 0.4) is 0 Å². The fourth-order valence-corrected chi connectivity index (χ4v) is 2.42. The number of hydrogen-bond acceptors (Lipinski definition) is 2. The molecule has 0 saturated heterocycles. The Morgan fingerprint density at radius 3 is 1.67 bits per heavy atom. The van der Waals surface area contributed by atoms with Crippen LogP contribution < -0.4 is 10.6 Å². The average molecular weight is 274 g/mol. The van der Waals surface area contributed by atoms with Crippen molar-refractivity contribution < 1.29 is 0 Å². The Kier molecular flexibility index (Phi) is 3.99. The summed E-state index contributed by atoms with van der Waals surface area (Å²) in [6, 6.07) is 29.1. The van der Waals surface area contributed by atoms with Crippen LogP contribution in [0.4, 0.5) is 17.1 Å². The predicted octanol–water partition coefficient (Wildman–Crippen LogP) is 4.62. The van der Waals surface area contributed by atoms with Crippen LogP contribution in [0.5, 0.6) is 0 Å². The molecule has 0 aromatic heterocycles. The van der Waals surface area contributed by atoms with Crippen LogP contribution in [0.2, 0.25) is 0 Å². The molecule has 0 bridgehead atoms. The highest BCUT2D eigenvalue weighted by atomic mass is 15.1. The highest BCUT2D eigenvalue weighted by Crippen LogP contribution is 2.34. The van der Waals surface area contributed by atoms with Gasteiger partial charge in [0, 0.05) is 23.6 Å². The maximum absolute atomic E-state index is 5.78. The van der Waals surface area contributed by atoms with Crippen LogP contribution in [0.1, 0.15) is 5.56 Å². The van der Waals surface area contributed by atoms with Crippen molar-refractivity contribution in [1.82, 2.24) is 0 Å². The fraction of sp³-hybridized carbons (Fsp3) is 0.0526. The second-order valence-corrected chi connectivity index (χ2v) is 4.88. The van der Waals surface area contributed by atoms with E-state index in [1.54, 1.807) is 0 Å². The van der Waals surface area contributed by atoms with Crippen molar-refractivity contribution >= 4 is 17.1 Å². The molecule has 2 nitrogen and oxygen atoms in total. The molecular weight excluding hydrogens is 256 g/mol. The van der Waals surface area contributed by atoms with Gasteiger partial charge in [0.1, 0.15) is 0 Å². The average Bonchev–Trinajstić information content (AvgIpc) is 2.57. The third-order valence-electron chi connectivity index (χ3n) is 3.43. The smallest absolute Gasteiger partial charge is 0.0464 e. The summed E-state index contributed by atoms with van der Waals surface area (Å²) in [4.78, 5) is 2.24. The van der Waals surface area contributed by atoms with Crippen molar-refractivity contribution in [2.24, 2.45) is 5.73 Å². The molecule has 3 aromatic rings. The summed E-state index contributed by atoms with van der Waals surface area (Å²) < 4.78 is 0. The molecule has 0 spiro atoms. The Morgan fingerprint density at radius 2 is 1.14 bits per heavy atom.